The van der Waals surface area contributed by atoms with Gasteiger partial charge in [-0.25, -0.2) is 0 Å². The lowest BCUT2D eigenvalue weighted by molar-refractivity contribution is -0.115. The number of methoxy groups -OCH3 is 1. The molecule has 0 aromatic heterocycles. The molecule has 0 saturated carbocycles. The first-order valence-corrected chi connectivity index (χ1v) is 5.51. The van der Waals surface area contributed by atoms with Gasteiger partial charge >= 0.3 is 0 Å². The summed E-state index contributed by atoms with van der Waals surface area (Å²) >= 11 is 0. The quantitative estimate of drug-likeness (QED) is 0.816. The maximum absolute atomic E-state index is 11.5. The van der Waals surface area contributed by atoms with Crippen molar-refractivity contribution in [3.63, 3.8) is 0 Å². The first kappa shape index (κ1) is 11.7. The molecule has 0 fully saturated rings. The van der Waals surface area contributed by atoms with Gasteiger partial charge in [0.1, 0.15) is 5.75 Å². The molecule has 0 saturated heterocycles. The third-order valence-electron chi connectivity index (χ3n) is 2.64. The van der Waals surface area contributed by atoms with Crippen LogP contribution in [0, 0.1) is 0 Å². The number of hydrogen-bond donors (Lipinski definition) is 2. The lowest BCUT2D eigenvalue weighted by Crippen LogP contribution is -2.41. The van der Waals surface area contributed by atoms with Crippen LogP contribution in [0.3, 0.4) is 0 Å². The van der Waals surface area contributed by atoms with Crippen LogP contribution in [-0.2, 0) is 4.79 Å². The van der Waals surface area contributed by atoms with E-state index >= 15 is 0 Å². The number of β-amino-alcohol motifs (C(OH)–C–C–N with tert-alkyl or cyclic N) is 1. The van der Waals surface area contributed by atoms with Crippen LogP contribution < -0.4 is 15.0 Å². The zero-order chi connectivity index (χ0) is 12.4. The number of ether oxygens (including phenoxy) is 1. The summed E-state index contributed by atoms with van der Waals surface area (Å²) in [5.41, 5.74) is 1.63. The predicted octanol–water partition coefficient (Wildman–Crippen LogP) is 0.834. The Labute approximate surface area is 100.0 Å². The summed E-state index contributed by atoms with van der Waals surface area (Å²) in [6.07, 6.45) is -0.476. The Morgan fingerprint density at radius 3 is 3.00 bits per heavy atom. The summed E-state index contributed by atoms with van der Waals surface area (Å²) in [4.78, 5) is 13.4. The van der Waals surface area contributed by atoms with E-state index in [-0.39, 0.29) is 12.5 Å². The van der Waals surface area contributed by atoms with E-state index in [9.17, 15) is 9.90 Å². The van der Waals surface area contributed by atoms with Gasteiger partial charge in [-0.05, 0) is 19.1 Å². The number of aliphatic hydroxyl groups is 1. The number of carbonyl (C=O) groups excluding carboxylic acids is 1. The summed E-state index contributed by atoms with van der Waals surface area (Å²) in [6.45, 7) is 2.41. The van der Waals surface area contributed by atoms with Crippen LogP contribution in [0.4, 0.5) is 11.4 Å². The van der Waals surface area contributed by atoms with Gasteiger partial charge in [-0.2, -0.15) is 0 Å². The number of nitrogens with one attached hydrogen (secondary N) is 1. The molecule has 1 aliphatic heterocycles. The van der Waals surface area contributed by atoms with Crippen LogP contribution >= 0.6 is 0 Å². The molecule has 1 unspecified atom stereocenters. The third kappa shape index (κ3) is 2.50. The number of rotatable bonds is 3. The molecule has 2 N–H and O–H groups in total. The molecule has 5 heteroatoms. The van der Waals surface area contributed by atoms with E-state index < -0.39 is 6.10 Å². The molecule has 0 aliphatic carbocycles. The van der Waals surface area contributed by atoms with Crippen molar-refractivity contribution in [3.8, 4) is 5.75 Å². The van der Waals surface area contributed by atoms with Crippen LogP contribution in [0.5, 0.6) is 5.75 Å². The Morgan fingerprint density at radius 2 is 2.35 bits per heavy atom. The van der Waals surface area contributed by atoms with Gasteiger partial charge in [-0.3, -0.25) is 4.79 Å². The lowest BCUT2D eigenvalue weighted by Gasteiger charge is -2.31. The lowest BCUT2D eigenvalue weighted by atomic mass is 10.1. The first-order chi connectivity index (χ1) is 8.10. The van der Waals surface area contributed by atoms with Gasteiger partial charge in [0.15, 0.2) is 0 Å². The van der Waals surface area contributed by atoms with Crippen molar-refractivity contribution in [3.05, 3.63) is 18.2 Å². The second-order valence-corrected chi connectivity index (χ2v) is 4.16. The van der Waals surface area contributed by atoms with Crippen molar-refractivity contribution in [1.29, 1.82) is 0 Å². The van der Waals surface area contributed by atoms with Crippen molar-refractivity contribution in [2.24, 2.45) is 0 Å². The number of nitrogens with zero attached hydrogens (tertiary/aromatic N) is 1. The molecular formula is C12H16N2O3. The van der Waals surface area contributed by atoms with Crippen molar-refractivity contribution in [2.45, 2.75) is 13.0 Å². The molecule has 1 aromatic rings. The molecule has 5 nitrogen and oxygen atoms in total. The van der Waals surface area contributed by atoms with E-state index in [0.717, 1.165) is 11.4 Å². The van der Waals surface area contributed by atoms with E-state index in [4.69, 9.17) is 4.74 Å². The van der Waals surface area contributed by atoms with Crippen molar-refractivity contribution >= 4 is 17.3 Å². The Bertz CT molecular complexity index is 432. The molecule has 0 spiro atoms. The van der Waals surface area contributed by atoms with E-state index in [1.165, 1.54) is 0 Å². The normalized spacial score (nSPS) is 16.2. The maximum atomic E-state index is 11.5. The number of benzene rings is 1. The van der Waals surface area contributed by atoms with E-state index in [2.05, 4.69) is 5.32 Å². The van der Waals surface area contributed by atoms with Crippen LogP contribution in [0.15, 0.2) is 18.2 Å². The zero-order valence-electron chi connectivity index (χ0n) is 9.93. The average Bonchev–Trinajstić information content (AvgIpc) is 2.27. The summed E-state index contributed by atoms with van der Waals surface area (Å²) in [7, 11) is 1.58. The number of aliphatic hydroxyl groups excluding tert-OH is 1. The van der Waals surface area contributed by atoms with Gasteiger partial charge < -0.3 is 20.1 Å². The molecule has 1 heterocycles. The molecule has 0 bridgehead atoms. The fraction of sp³-hybridized carbons (Fsp3) is 0.417. The highest BCUT2D eigenvalue weighted by atomic mass is 16.5. The van der Waals surface area contributed by atoms with Crippen LogP contribution in [0.25, 0.3) is 0 Å². The zero-order valence-corrected chi connectivity index (χ0v) is 9.93. The maximum Gasteiger partial charge on any atom is 0.243 e. The Hall–Kier alpha value is -1.75. The van der Waals surface area contributed by atoms with Gasteiger partial charge in [-0.1, -0.05) is 0 Å². The largest absolute Gasteiger partial charge is 0.497 e. The Morgan fingerprint density at radius 1 is 1.59 bits per heavy atom. The van der Waals surface area contributed by atoms with Gasteiger partial charge in [-0.15, -0.1) is 0 Å². The van der Waals surface area contributed by atoms with Gasteiger partial charge in [0.05, 0.1) is 31.1 Å². The highest BCUT2D eigenvalue weighted by molar-refractivity contribution is 6.01. The second-order valence-electron chi connectivity index (χ2n) is 4.16. The Kier molecular flexibility index (Phi) is 3.19. The summed E-state index contributed by atoms with van der Waals surface area (Å²) in [5.74, 6) is 0.620. The van der Waals surface area contributed by atoms with Crippen LogP contribution in [0.2, 0.25) is 0 Å². The third-order valence-corrected chi connectivity index (χ3v) is 2.64. The average molecular weight is 236 g/mol. The fourth-order valence-electron chi connectivity index (χ4n) is 1.95. The molecule has 1 amide bonds. The Balaban J connectivity index is 2.33. The van der Waals surface area contributed by atoms with Gasteiger partial charge in [0.2, 0.25) is 5.91 Å². The molecule has 2 rings (SSSR count). The van der Waals surface area contributed by atoms with Crippen molar-refractivity contribution < 1.29 is 14.6 Å². The highest BCUT2D eigenvalue weighted by Crippen LogP contribution is 2.32. The van der Waals surface area contributed by atoms with E-state index in [1.807, 2.05) is 17.0 Å². The standard InChI is InChI=1S/C12H16N2O3/c1-8(15)6-14-7-12(16)13-10-5-9(17-2)3-4-11(10)14/h3-5,8,15H,6-7H2,1-2H3,(H,13,16). The van der Waals surface area contributed by atoms with Crippen LogP contribution in [0.1, 0.15) is 6.92 Å². The van der Waals surface area contributed by atoms with Crippen molar-refractivity contribution in [2.75, 3.05) is 30.4 Å². The second kappa shape index (κ2) is 4.63. The summed E-state index contributed by atoms with van der Waals surface area (Å²) in [6, 6.07) is 5.50. The number of amides is 1. The topological polar surface area (TPSA) is 61.8 Å². The fourth-order valence-corrected chi connectivity index (χ4v) is 1.95. The predicted molar refractivity (Wildman–Crippen MR) is 65.5 cm³/mol. The van der Waals surface area contributed by atoms with E-state index in [1.54, 1.807) is 20.1 Å². The summed E-state index contributed by atoms with van der Waals surface area (Å²) in [5, 5.41) is 12.2. The molecule has 17 heavy (non-hydrogen) atoms. The van der Waals surface area contributed by atoms with E-state index in [0.29, 0.717) is 12.3 Å². The van der Waals surface area contributed by atoms with Crippen LogP contribution in [-0.4, -0.2) is 37.3 Å². The molecule has 1 atom stereocenters. The number of fused-ring (bicyclic) bond motifs is 1. The molecular weight excluding hydrogens is 220 g/mol. The number of carbonyl (C=O) groups is 1. The SMILES string of the molecule is COc1ccc2c(c1)NC(=O)CN2CC(C)O. The monoisotopic (exact) mass is 236 g/mol. The first-order valence-electron chi connectivity index (χ1n) is 5.51. The minimum Gasteiger partial charge on any atom is -0.497 e. The van der Waals surface area contributed by atoms with Crippen molar-refractivity contribution in [1.82, 2.24) is 0 Å². The highest BCUT2D eigenvalue weighted by Gasteiger charge is 2.23. The molecule has 1 aromatic carbocycles. The number of anilines is 2. The smallest absolute Gasteiger partial charge is 0.243 e. The minimum absolute atomic E-state index is 0.0774. The number of hydrogen-bond acceptors (Lipinski definition) is 4. The van der Waals surface area contributed by atoms with Gasteiger partial charge in [0, 0.05) is 12.6 Å². The van der Waals surface area contributed by atoms with Gasteiger partial charge in [0.25, 0.3) is 0 Å². The molecule has 0 radical (unpaired) electrons. The molecule has 92 valence electrons. The molecule has 1 aliphatic rings. The minimum atomic E-state index is -0.476. The summed E-state index contributed by atoms with van der Waals surface area (Å²) < 4.78 is 5.11.